The summed E-state index contributed by atoms with van der Waals surface area (Å²) in [6.07, 6.45) is -3.34. The summed E-state index contributed by atoms with van der Waals surface area (Å²) in [5, 5.41) is 7.96. The molecule has 0 bridgehead atoms. The van der Waals surface area contributed by atoms with E-state index in [-0.39, 0.29) is 56.8 Å². The largest absolute Gasteiger partial charge is 0.416 e. The molecule has 0 unspecified atom stereocenters. The summed E-state index contributed by atoms with van der Waals surface area (Å²) in [5.41, 5.74) is 5.68. The standard InChI is InChI=1S/C21H28F3N7O3S.ClH/c22-21(23,24)17-3-4-26-20(13-17)30-5-7-31(8-6-30)35(32,33)12-11-34-10-9-29-14-16(15-29)18-1-2-19(25)28-27-18;/h1-4,13,16H,5-12,14-15H2,(H2,25,28);1H. The number of aromatic nitrogens is 3. The van der Waals surface area contributed by atoms with Crippen LogP contribution in [0.25, 0.3) is 0 Å². The predicted octanol–water partition coefficient (Wildman–Crippen LogP) is 1.46. The van der Waals surface area contributed by atoms with Crippen molar-refractivity contribution >= 4 is 34.1 Å². The number of nitrogens with zero attached hydrogens (tertiary/aromatic N) is 6. The molecule has 2 N–H and O–H groups in total. The number of halogens is 4. The molecule has 2 saturated heterocycles. The zero-order valence-corrected chi connectivity index (χ0v) is 21.1. The number of likely N-dealkylation sites (tertiary alicyclic amines) is 1. The van der Waals surface area contributed by atoms with Gasteiger partial charge >= 0.3 is 6.18 Å². The number of rotatable bonds is 9. The Hall–Kier alpha value is -2.26. The van der Waals surface area contributed by atoms with E-state index in [0.717, 1.165) is 37.1 Å². The Kier molecular flexibility index (Phi) is 9.33. The third-order valence-corrected chi connectivity index (χ3v) is 7.98. The molecule has 0 amide bonds. The second kappa shape index (κ2) is 11.9. The third kappa shape index (κ3) is 7.16. The summed E-state index contributed by atoms with van der Waals surface area (Å²) in [7, 11) is -3.52. The lowest BCUT2D eigenvalue weighted by Gasteiger charge is -2.38. The van der Waals surface area contributed by atoms with Crippen LogP contribution in [0.2, 0.25) is 0 Å². The lowest BCUT2D eigenvalue weighted by atomic mass is 9.96. The van der Waals surface area contributed by atoms with Crippen LogP contribution in [0.5, 0.6) is 0 Å². The van der Waals surface area contributed by atoms with E-state index in [1.54, 1.807) is 11.0 Å². The van der Waals surface area contributed by atoms with Gasteiger partial charge < -0.3 is 15.4 Å². The van der Waals surface area contributed by atoms with Gasteiger partial charge in [0.2, 0.25) is 10.0 Å². The van der Waals surface area contributed by atoms with Gasteiger partial charge in [-0.15, -0.1) is 17.5 Å². The highest BCUT2D eigenvalue weighted by Crippen LogP contribution is 2.31. The van der Waals surface area contributed by atoms with Crippen molar-refractivity contribution in [3.05, 3.63) is 41.7 Å². The first-order valence-electron chi connectivity index (χ1n) is 11.3. The molecule has 0 aromatic carbocycles. The van der Waals surface area contributed by atoms with Gasteiger partial charge in [-0.25, -0.2) is 13.4 Å². The molecule has 0 radical (unpaired) electrons. The summed E-state index contributed by atoms with van der Waals surface area (Å²) in [6, 6.07) is 5.51. The Bertz CT molecular complexity index is 1090. The predicted molar refractivity (Wildman–Crippen MR) is 131 cm³/mol. The Morgan fingerprint density at radius 2 is 1.78 bits per heavy atom. The van der Waals surface area contributed by atoms with E-state index in [1.165, 1.54) is 4.31 Å². The number of sulfonamides is 1. The van der Waals surface area contributed by atoms with Gasteiger partial charge in [0, 0.05) is 57.9 Å². The Morgan fingerprint density at radius 3 is 2.42 bits per heavy atom. The van der Waals surface area contributed by atoms with Gasteiger partial charge in [-0.05, 0) is 24.3 Å². The normalized spacial score (nSPS) is 18.0. The van der Waals surface area contributed by atoms with Gasteiger partial charge in [0.05, 0.1) is 30.2 Å². The number of pyridine rings is 1. The summed E-state index contributed by atoms with van der Waals surface area (Å²) in [6.45, 7) is 3.78. The maximum absolute atomic E-state index is 12.9. The molecular formula is C21H29ClF3N7O3S. The summed E-state index contributed by atoms with van der Waals surface area (Å²) >= 11 is 0. The molecule has 2 aliphatic heterocycles. The van der Waals surface area contributed by atoms with Crippen LogP contribution in [0.1, 0.15) is 17.2 Å². The maximum atomic E-state index is 12.9. The van der Waals surface area contributed by atoms with E-state index in [0.29, 0.717) is 24.9 Å². The first kappa shape index (κ1) is 28.3. The van der Waals surface area contributed by atoms with Crippen LogP contribution < -0.4 is 10.6 Å². The Labute approximate surface area is 214 Å². The van der Waals surface area contributed by atoms with Crippen LogP contribution in [0, 0.1) is 0 Å². The van der Waals surface area contributed by atoms with Crippen molar-refractivity contribution in [3.8, 4) is 0 Å². The number of nitrogen functional groups attached to an aromatic ring is 1. The molecule has 10 nitrogen and oxygen atoms in total. The lowest BCUT2D eigenvalue weighted by Crippen LogP contribution is -2.50. The summed E-state index contributed by atoms with van der Waals surface area (Å²) < 4.78 is 71.0. The number of ether oxygens (including phenoxy) is 1. The molecule has 2 aromatic heterocycles. The fourth-order valence-corrected chi connectivity index (χ4v) is 5.37. The lowest BCUT2D eigenvalue weighted by molar-refractivity contribution is -0.137. The number of hydrogen-bond donors (Lipinski definition) is 1. The molecule has 2 aromatic rings. The third-order valence-electron chi connectivity index (χ3n) is 6.15. The van der Waals surface area contributed by atoms with Crippen LogP contribution >= 0.6 is 12.4 Å². The zero-order chi connectivity index (χ0) is 25.1. The molecule has 0 spiro atoms. The number of hydrogen-bond acceptors (Lipinski definition) is 9. The van der Waals surface area contributed by atoms with Crippen molar-refractivity contribution in [1.29, 1.82) is 0 Å². The minimum Gasteiger partial charge on any atom is -0.382 e. The molecule has 36 heavy (non-hydrogen) atoms. The summed E-state index contributed by atoms with van der Waals surface area (Å²) in [4.78, 5) is 7.86. The molecule has 4 heterocycles. The zero-order valence-electron chi connectivity index (χ0n) is 19.5. The summed E-state index contributed by atoms with van der Waals surface area (Å²) in [5.74, 6) is 0.756. The first-order valence-corrected chi connectivity index (χ1v) is 12.9. The molecule has 2 fully saturated rings. The molecule has 15 heteroatoms. The van der Waals surface area contributed by atoms with E-state index in [2.05, 4.69) is 20.1 Å². The molecule has 0 aliphatic carbocycles. The van der Waals surface area contributed by atoms with Gasteiger partial charge in [-0.1, -0.05) is 0 Å². The van der Waals surface area contributed by atoms with Gasteiger partial charge in [-0.2, -0.15) is 22.6 Å². The van der Waals surface area contributed by atoms with E-state index in [9.17, 15) is 21.6 Å². The smallest absolute Gasteiger partial charge is 0.382 e. The van der Waals surface area contributed by atoms with Crippen molar-refractivity contribution in [1.82, 2.24) is 24.4 Å². The number of nitrogens with two attached hydrogens (primary N) is 1. The molecule has 0 saturated carbocycles. The molecule has 0 atom stereocenters. The second-order valence-electron chi connectivity index (χ2n) is 8.55. The quantitative estimate of drug-likeness (QED) is 0.462. The van der Waals surface area contributed by atoms with E-state index >= 15 is 0 Å². The molecule has 200 valence electrons. The Morgan fingerprint density at radius 1 is 1.06 bits per heavy atom. The van der Waals surface area contributed by atoms with Crippen molar-refractivity contribution in [2.45, 2.75) is 12.1 Å². The molecule has 2 aliphatic rings. The van der Waals surface area contributed by atoms with Crippen LogP contribution in [-0.4, -0.2) is 97.6 Å². The average Bonchev–Trinajstić information content (AvgIpc) is 2.80. The maximum Gasteiger partial charge on any atom is 0.416 e. The van der Waals surface area contributed by atoms with Crippen LogP contribution in [0.4, 0.5) is 24.8 Å². The topological polar surface area (TPSA) is 118 Å². The van der Waals surface area contributed by atoms with Gasteiger partial charge in [-0.3, -0.25) is 4.90 Å². The minimum atomic E-state index is -4.45. The highest BCUT2D eigenvalue weighted by Gasteiger charge is 2.33. The van der Waals surface area contributed by atoms with Gasteiger partial charge in [0.25, 0.3) is 0 Å². The van der Waals surface area contributed by atoms with Gasteiger partial charge in [0.1, 0.15) is 11.6 Å². The number of anilines is 2. The van der Waals surface area contributed by atoms with Crippen molar-refractivity contribution in [2.24, 2.45) is 0 Å². The molecular weight excluding hydrogens is 523 g/mol. The average molecular weight is 552 g/mol. The highest BCUT2D eigenvalue weighted by atomic mass is 35.5. The fraction of sp³-hybridized carbons (Fsp3) is 0.571. The van der Waals surface area contributed by atoms with Gasteiger partial charge in [0.15, 0.2) is 0 Å². The number of piperazine rings is 1. The fourth-order valence-electron chi connectivity index (χ4n) is 4.06. The van der Waals surface area contributed by atoms with Crippen molar-refractivity contribution in [2.75, 3.05) is 75.4 Å². The van der Waals surface area contributed by atoms with E-state index in [1.807, 2.05) is 6.07 Å². The SMILES string of the molecule is Cl.Nc1ccc(C2CN(CCOCCS(=O)(=O)N3CCN(c4cc(C(F)(F)F)ccn4)CC3)C2)nn1. The second-order valence-corrected chi connectivity index (χ2v) is 10.6. The Balaban J connectivity index is 0.00000361. The molecule has 4 rings (SSSR count). The van der Waals surface area contributed by atoms with Crippen LogP contribution in [0.3, 0.4) is 0 Å². The number of alkyl halides is 3. The van der Waals surface area contributed by atoms with E-state index in [4.69, 9.17) is 10.5 Å². The van der Waals surface area contributed by atoms with E-state index < -0.39 is 21.8 Å². The minimum absolute atomic E-state index is 0. The van der Waals surface area contributed by atoms with Crippen LogP contribution in [-0.2, 0) is 20.9 Å². The highest BCUT2D eigenvalue weighted by molar-refractivity contribution is 7.89. The van der Waals surface area contributed by atoms with Crippen molar-refractivity contribution in [3.63, 3.8) is 0 Å². The van der Waals surface area contributed by atoms with Crippen LogP contribution in [0.15, 0.2) is 30.5 Å². The van der Waals surface area contributed by atoms with Crippen molar-refractivity contribution < 1.29 is 26.3 Å². The monoisotopic (exact) mass is 551 g/mol. The first-order chi connectivity index (χ1) is 16.6.